The van der Waals surface area contributed by atoms with Gasteiger partial charge in [-0.05, 0) is 42.0 Å². The van der Waals surface area contributed by atoms with Gasteiger partial charge in [-0.3, -0.25) is 4.72 Å². The van der Waals surface area contributed by atoms with Crippen molar-refractivity contribution in [2.75, 3.05) is 4.72 Å². The number of nitrogens with zero attached hydrogens (tertiary/aromatic N) is 1. The van der Waals surface area contributed by atoms with Crippen molar-refractivity contribution in [2.24, 2.45) is 0 Å². The van der Waals surface area contributed by atoms with E-state index >= 15 is 4.39 Å². The first-order chi connectivity index (χ1) is 15.5. The number of hydrogen-bond acceptors (Lipinski definition) is 3. The van der Waals surface area contributed by atoms with Crippen molar-refractivity contribution in [1.29, 1.82) is 0 Å². The van der Waals surface area contributed by atoms with Gasteiger partial charge in [0, 0.05) is 29.8 Å². The summed E-state index contributed by atoms with van der Waals surface area (Å²) < 4.78 is 95.4. The molecule has 0 aliphatic rings. The quantitative estimate of drug-likeness (QED) is 0.334. The Morgan fingerprint density at radius 1 is 1.09 bits per heavy atom. The van der Waals surface area contributed by atoms with Crippen LogP contribution in [0.3, 0.4) is 0 Å². The Labute approximate surface area is 189 Å². The lowest BCUT2D eigenvalue weighted by Crippen LogP contribution is -2.16. The Kier molecular flexibility index (Phi) is 5.79. The van der Waals surface area contributed by atoms with E-state index in [0.29, 0.717) is 33.8 Å². The van der Waals surface area contributed by atoms with Gasteiger partial charge in [0.1, 0.15) is 11.5 Å². The van der Waals surface area contributed by atoms with E-state index in [1.807, 2.05) is 4.72 Å². The van der Waals surface area contributed by atoms with Crippen LogP contribution in [0, 0.1) is 11.6 Å². The first-order valence-electron chi connectivity index (χ1n) is 9.24. The maximum absolute atomic E-state index is 15.1. The second kappa shape index (κ2) is 8.31. The molecule has 0 radical (unpaired) electrons. The average Bonchev–Trinajstić information content (AvgIpc) is 3.14. The summed E-state index contributed by atoms with van der Waals surface area (Å²) in [6, 6.07) is 6.26. The Morgan fingerprint density at radius 2 is 1.85 bits per heavy atom. The summed E-state index contributed by atoms with van der Waals surface area (Å²) in [5, 5.41) is 0.836. The van der Waals surface area contributed by atoms with Crippen molar-refractivity contribution in [3.63, 3.8) is 0 Å². The standard InChI is InChI=1S/C21H13ClF5N3O2S/c22-13-8-15-11(9-28-20(15)29-10-13)6-16-17(23)4-5-18(19(16)24)30-33(31,32)14-3-1-2-12(7-14)21(25,26)27/h1-5,7-10,30H,6H2,(H,28,29). The smallest absolute Gasteiger partial charge is 0.346 e. The molecule has 0 unspecified atom stereocenters. The molecule has 0 fully saturated rings. The lowest BCUT2D eigenvalue weighted by molar-refractivity contribution is -0.137. The first kappa shape index (κ1) is 23.0. The zero-order chi connectivity index (χ0) is 24.0. The van der Waals surface area contributed by atoms with Gasteiger partial charge in [0.15, 0.2) is 5.82 Å². The third-order valence-electron chi connectivity index (χ3n) is 4.85. The minimum absolute atomic E-state index is 0.265. The lowest BCUT2D eigenvalue weighted by atomic mass is 10.0. The minimum atomic E-state index is -4.77. The van der Waals surface area contributed by atoms with E-state index < -0.39 is 49.5 Å². The maximum atomic E-state index is 15.1. The molecule has 4 aromatic rings. The molecule has 0 bridgehead atoms. The topological polar surface area (TPSA) is 74.8 Å². The van der Waals surface area contributed by atoms with E-state index in [4.69, 9.17) is 11.6 Å². The van der Waals surface area contributed by atoms with Crippen LogP contribution in [-0.2, 0) is 22.6 Å². The van der Waals surface area contributed by atoms with E-state index in [1.54, 1.807) is 6.07 Å². The van der Waals surface area contributed by atoms with Crippen molar-refractivity contribution < 1.29 is 30.4 Å². The van der Waals surface area contributed by atoms with Gasteiger partial charge in [-0.25, -0.2) is 22.2 Å². The number of halogens is 6. The highest BCUT2D eigenvalue weighted by Gasteiger charge is 2.32. The molecule has 2 aromatic carbocycles. The summed E-state index contributed by atoms with van der Waals surface area (Å²) in [6.07, 6.45) is -2.14. The number of aromatic nitrogens is 2. The van der Waals surface area contributed by atoms with Crippen LogP contribution >= 0.6 is 11.6 Å². The fourth-order valence-corrected chi connectivity index (χ4v) is 4.51. The SMILES string of the molecule is O=S(=O)(Nc1ccc(F)c(Cc2c[nH]c3ncc(Cl)cc23)c1F)c1cccc(C(F)(F)F)c1. The molecule has 4 rings (SSSR count). The monoisotopic (exact) mass is 501 g/mol. The normalized spacial score (nSPS) is 12.3. The zero-order valence-electron chi connectivity index (χ0n) is 16.3. The number of benzene rings is 2. The molecular weight excluding hydrogens is 489 g/mol. The molecule has 0 atom stereocenters. The Bertz CT molecular complexity index is 1470. The van der Waals surface area contributed by atoms with Crippen molar-refractivity contribution in [1.82, 2.24) is 9.97 Å². The molecule has 0 saturated carbocycles. The number of sulfonamides is 1. The number of pyridine rings is 1. The number of aromatic amines is 1. The molecule has 12 heteroatoms. The second-order valence-corrected chi connectivity index (χ2v) is 9.18. The van der Waals surface area contributed by atoms with Crippen molar-refractivity contribution in [3.8, 4) is 0 Å². The molecule has 0 saturated heterocycles. The summed E-state index contributed by atoms with van der Waals surface area (Å²) in [5.74, 6) is -2.13. The highest BCUT2D eigenvalue weighted by atomic mass is 35.5. The van der Waals surface area contributed by atoms with Crippen LogP contribution in [0.5, 0.6) is 0 Å². The number of nitrogens with one attached hydrogen (secondary N) is 2. The van der Waals surface area contributed by atoms with Gasteiger partial charge in [-0.2, -0.15) is 13.2 Å². The number of hydrogen-bond donors (Lipinski definition) is 2. The molecule has 0 aliphatic heterocycles. The number of H-pyrrole nitrogens is 1. The zero-order valence-corrected chi connectivity index (χ0v) is 17.9. The average molecular weight is 502 g/mol. The fraction of sp³-hybridized carbons (Fsp3) is 0.0952. The van der Waals surface area contributed by atoms with Gasteiger partial charge in [-0.1, -0.05) is 17.7 Å². The van der Waals surface area contributed by atoms with E-state index in [9.17, 15) is 26.0 Å². The number of anilines is 1. The van der Waals surface area contributed by atoms with E-state index in [1.165, 1.54) is 12.4 Å². The predicted molar refractivity (Wildman–Crippen MR) is 113 cm³/mol. The van der Waals surface area contributed by atoms with Crippen LogP contribution in [0.4, 0.5) is 27.6 Å². The van der Waals surface area contributed by atoms with E-state index in [2.05, 4.69) is 9.97 Å². The molecule has 2 aromatic heterocycles. The van der Waals surface area contributed by atoms with E-state index in [0.717, 1.165) is 24.3 Å². The molecule has 172 valence electrons. The summed E-state index contributed by atoms with van der Waals surface area (Å²) in [6.45, 7) is 0. The number of alkyl halides is 3. The van der Waals surface area contributed by atoms with Crippen LogP contribution in [0.15, 0.2) is 59.8 Å². The van der Waals surface area contributed by atoms with Gasteiger partial charge < -0.3 is 4.98 Å². The molecule has 33 heavy (non-hydrogen) atoms. The molecule has 0 amide bonds. The first-order valence-corrected chi connectivity index (χ1v) is 11.1. The minimum Gasteiger partial charge on any atom is -0.346 e. The largest absolute Gasteiger partial charge is 0.416 e. The van der Waals surface area contributed by atoms with Gasteiger partial charge in [0.2, 0.25) is 0 Å². The van der Waals surface area contributed by atoms with Gasteiger partial charge in [0.05, 0.1) is 21.2 Å². The molecule has 5 nitrogen and oxygen atoms in total. The van der Waals surface area contributed by atoms with Crippen LogP contribution in [0.1, 0.15) is 16.7 Å². The highest BCUT2D eigenvalue weighted by molar-refractivity contribution is 7.92. The molecule has 2 N–H and O–H groups in total. The molecular formula is C21H13ClF5N3O2S. The van der Waals surface area contributed by atoms with Crippen LogP contribution < -0.4 is 4.72 Å². The van der Waals surface area contributed by atoms with Gasteiger partial charge >= 0.3 is 6.18 Å². The summed E-state index contributed by atoms with van der Waals surface area (Å²) in [5.41, 5.74) is -1.34. The Hall–Kier alpha value is -3.18. The number of rotatable bonds is 5. The maximum Gasteiger partial charge on any atom is 0.416 e. The summed E-state index contributed by atoms with van der Waals surface area (Å²) in [4.78, 5) is 6.19. The lowest BCUT2D eigenvalue weighted by Gasteiger charge is -2.13. The van der Waals surface area contributed by atoms with Crippen LogP contribution in [0.2, 0.25) is 5.02 Å². The van der Waals surface area contributed by atoms with Crippen molar-refractivity contribution >= 4 is 38.3 Å². The van der Waals surface area contributed by atoms with Crippen molar-refractivity contribution in [3.05, 3.63) is 88.2 Å². The van der Waals surface area contributed by atoms with Crippen molar-refractivity contribution in [2.45, 2.75) is 17.5 Å². The fourth-order valence-electron chi connectivity index (χ4n) is 3.25. The van der Waals surface area contributed by atoms with Crippen LogP contribution in [-0.4, -0.2) is 18.4 Å². The third-order valence-corrected chi connectivity index (χ3v) is 6.42. The summed E-state index contributed by atoms with van der Waals surface area (Å²) in [7, 11) is -4.60. The van der Waals surface area contributed by atoms with Crippen LogP contribution in [0.25, 0.3) is 11.0 Å². The van der Waals surface area contributed by atoms with Gasteiger partial charge in [0.25, 0.3) is 10.0 Å². The second-order valence-electron chi connectivity index (χ2n) is 7.06. The Morgan fingerprint density at radius 3 is 2.58 bits per heavy atom. The summed E-state index contributed by atoms with van der Waals surface area (Å²) >= 11 is 5.94. The highest BCUT2D eigenvalue weighted by Crippen LogP contribution is 2.32. The Balaban J connectivity index is 1.69. The molecule has 0 aliphatic carbocycles. The predicted octanol–water partition coefficient (Wildman–Crippen LogP) is 5.90. The third kappa shape index (κ3) is 4.64. The van der Waals surface area contributed by atoms with Gasteiger partial charge in [-0.15, -0.1) is 0 Å². The molecule has 0 spiro atoms. The molecule has 2 heterocycles. The number of fused-ring (bicyclic) bond motifs is 1. The van der Waals surface area contributed by atoms with E-state index in [-0.39, 0.29) is 6.42 Å².